The van der Waals surface area contributed by atoms with Crippen molar-refractivity contribution in [3.05, 3.63) is 28.5 Å². The van der Waals surface area contributed by atoms with Gasteiger partial charge in [-0.2, -0.15) is 0 Å². The van der Waals surface area contributed by atoms with Gasteiger partial charge >= 0.3 is 0 Å². The Bertz CT molecular complexity index is 291. The van der Waals surface area contributed by atoms with Gasteiger partial charge in [-0.15, -0.1) is 0 Å². The molecular weight excluding hydrogens is 251 g/mol. The van der Waals surface area contributed by atoms with E-state index in [2.05, 4.69) is 15.9 Å². The Morgan fingerprint density at radius 3 is 2.79 bits per heavy atom. The molecule has 1 rings (SSSR count). The van der Waals surface area contributed by atoms with Crippen molar-refractivity contribution in [2.75, 3.05) is 20.3 Å². The van der Waals surface area contributed by atoms with Crippen molar-refractivity contribution in [1.82, 2.24) is 0 Å². The molecule has 0 atom stereocenters. The van der Waals surface area contributed by atoms with Gasteiger partial charge in [0.2, 0.25) is 0 Å². The maximum absolute atomic E-state index is 12.7. The number of methoxy groups -OCH3 is 1. The van der Waals surface area contributed by atoms with Crippen molar-refractivity contribution >= 4 is 15.9 Å². The fourth-order valence-electron chi connectivity index (χ4n) is 0.978. The minimum atomic E-state index is -0.277. The molecule has 0 fully saturated rings. The van der Waals surface area contributed by atoms with Gasteiger partial charge in [-0.05, 0) is 34.1 Å². The summed E-state index contributed by atoms with van der Waals surface area (Å²) in [5, 5.41) is 0. The van der Waals surface area contributed by atoms with Crippen LogP contribution in [-0.2, 0) is 4.74 Å². The second kappa shape index (κ2) is 5.98. The lowest BCUT2D eigenvalue weighted by Crippen LogP contribution is -2.01. The largest absolute Gasteiger partial charge is 0.492 e. The van der Waals surface area contributed by atoms with Gasteiger partial charge in [0, 0.05) is 20.1 Å². The molecule has 1 aromatic carbocycles. The van der Waals surface area contributed by atoms with Crippen molar-refractivity contribution in [3.63, 3.8) is 0 Å². The van der Waals surface area contributed by atoms with Gasteiger partial charge in [0.1, 0.15) is 11.6 Å². The molecule has 78 valence electrons. The normalized spacial score (nSPS) is 10.2. The molecule has 0 saturated heterocycles. The summed E-state index contributed by atoms with van der Waals surface area (Å²) < 4.78 is 23.6. The maximum atomic E-state index is 12.7. The van der Waals surface area contributed by atoms with Crippen LogP contribution in [0.25, 0.3) is 0 Å². The van der Waals surface area contributed by atoms with E-state index in [-0.39, 0.29) is 5.82 Å². The summed E-state index contributed by atoms with van der Waals surface area (Å²) >= 11 is 3.22. The Hall–Kier alpha value is -0.610. The minimum Gasteiger partial charge on any atom is -0.492 e. The molecule has 0 N–H and O–H groups in total. The fourth-order valence-corrected chi connectivity index (χ4v) is 1.44. The molecule has 0 aliphatic carbocycles. The van der Waals surface area contributed by atoms with Crippen molar-refractivity contribution in [3.8, 4) is 5.75 Å². The Morgan fingerprint density at radius 2 is 2.14 bits per heavy atom. The first-order valence-corrected chi connectivity index (χ1v) is 5.10. The van der Waals surface area contributed by atoms with E-state index in [1.807, 2.05) is 0 Å². The summed E-state index contributed by atoms with van der Waals surface area (Å²) in [7, 11) is 1.65. The van der Waals surface area contributed by atoms with Crippen LogP contribution in [0.3, 0.4) is 0 Å². The standard InChI is InChI=1S/C10H12BrFO2/c1-13-5-2-6-14-10-4-3-8(12)7-9(10)11/h3-4,7H,2,5-6H2,1H3. The molecule has 0 aliphatic heterocycles. The zero-order valence-corrected chi connectivity index (χ0v) is 9.51. The first-order valence-electron chi connectivity index (χ1n) is 4.31. The van der Waals surface area contributed by atoms with Crippen molar-refractivity contribution in [2.24, 2.45) is 0 Å². The van der Waals surface area contributed by atoms with E-state index >= 15 is 0 Å². The van der Waals surface area contributed by atoms with Crippen LogP contribution >= 0.6 is 15.9 Å². The van der Waals surface area contributed by atoms with E-state index < -0.39 is 0 Å². The predicted molar refractivity (Wildman–Crippen MR) is 56.1 cm³/mol. The molecule has 1 aromatic rings. The number of ether oxygens (including phenoxy) is 2. The van der Waals surface area contributed by atoms with E-state index in [0.29, 0.717) is 23.4 Å². The van der Waals surface area contributed by atoms with Crippen molar-refractivity contribution in [2.45, 2.75) is 6.42 Å². The number of hydrogen-bond acceptors (Lipinski definition) is 2. The molecule has 0 spiro atoms. The lowest BCUT2D eigenvalue weighted by atomic mass is 10.3. The molecule has 14 heavy (non-hydrogen) atoms. The number of rotatable bonds is 5. The molecule has 0 aromatic heterocycles. The second-order valence-electron chi connectivity index (χ2n) is 2.77. The van der Waals surface area contributed by atoms with Crippen LogP contribution in [-0.4, -0.2) is 20.3 Å². The van der Waals surface area contributed by atoms with Gasteiger partial charge in [-0.1, -0.05) is 0 Å². The summed E-state index contributed by atoms with van der Waals surface area (Å²) in [5.41, 5.74) is 0. The molecule has 0 saturated carbocycles. The van der Waals surface area contributed by atoms with Crippen LogP contribution < -0.4 is 4.74 Å². The smallest absolute Gasteiger partial charge is 0.133 e. The van der Waals surface area contributed by atoms with Gasteiger partial charge < -0.3 is 9.47 Å². The highest BCUT2D eigenvalue weighted by Gasteiger charge is 2.01. The molecule has 0 heterocycles. The third-order valence-electron chi connectivity index (χ3n) is 1.64. The Balaban J connectivity index is 2.42. The van der Waals surface area contributed by atoms with Crippen LogP contribution in [0.5, 0.6) is 5.75 Å². The van der Waals surface area contributed by atoms with Gasteiger partial charge in [-0.25, -0.2) is 4.39 Å². The summed E-state index contributed by atoms with van der Waals surface area (Å²) in [6, 6.07) is 4.36. The quantitative estimate of drug-likeness (QED) is 0.760. The van der Waals surface area contributed by atoms with Crippen LogP contribution in [0.2, 0.25) is 0 Å². The Labute approximate surface area is 91.2 Å². The number of benzene rings is 1. The average molecular weight is 263 g/mol. The SMILES string of the molecule is COCCCOc1ccc(F)cc1Br. The Kier molecular flexibility index (Phi) is 4.90. The lowest BCUT2D eigenvalue weighted by Gasteiger charge is -2.07. The second-order valence-corrected chi connectivity index (χ2v) is 3.62. The molecule has 0 aliphatic rings. The summed E-state index contributed by atoms with van der Waals surface area (Å²) in [6.07, 6.45) is 0.820. The van der Waals surface area contributed by atoms with Crippen LogP contribution in [0, 0.1) is 5.82 Å². The highest BCUT2D eigenvalue weighted by molar-refractivity contribution is 9.10. The van der Waals surface area contributed by atoms with Gasteiger partial charge in [0.25, 0.3) is 0 Å². The molecule has 4 heteroatoms. The lowest BCUT2D eigenvalue weighted by molar-refractivity contribution is 0.172. The van der Waals surface area contributed by atoms with E-state index in [4.69, 9.17) is 9.47 Å². The van der Waals surface area contributed by atoms with E-state index in [1.165, 1.54) is 12.1 Å². The summed E-state index contributed by atoms with van der Waals surface area (Å²) in [4.78, 5) is 0. The van der Waals surface area contributed by atoms with Crippen LogP contribution in [0.4, 0.5) is 4.39 Å². The van der Waals surface area contributed by atoms with Gasteiger partial charge in [-0.3, -0.25) is 0 Å². The monoisotopic (exact) mass is 262 g/mol. The highest BCUT2D eigenvalue weighted by Crippen LogP contribution is 2.25. The van der Waals surface area contributed by atoms with Crippen LogP contribution in [0.15, 0.2) is 22.7 Å². The van der Waals surface area contributed by atoms with Gasteiger partial charge in [0.05, 0.1) is 11.1 Å². The topological polar surface area (TPSA) is 18.5 Å². The molecule has 2 nitrogen and oxygen atoms in total. The van der Waals surface area contributed by atoms with Crippen molar-refractivity contribution < 1.29 is 13.9 Å². The third kappa shape index (κ3) is 3.64. The summed E-state index contributed by atoms with van der Waals surface area (Å²) in [5.74, 6) is 0.378. The fraction of sp³-hybridized carbons (Fsp3) is 0.400. The maximum Gasteiger partial charge on any atom is 0.133 e. The van der Waals surface area contributed by atoms with Gasteiger partial charge in [0.15, 0.2) is 0 Å². The van der Waals surface area contributed by atoms with E-state index in [1.54, 1.807) is 13.2 Å². The van der Waals surface area contributed by atoms with Crippen LogP contribution in [0.1, 0.15) is 6.42 Å². The molecule has 0 unspecified atom stereocenters. The average Bonchev–Trinajstić information content (AvgIpc) is 2.15. The van der Waals surface area contributed by atoms with Crippen molar-refractivity contribution in [1.29, 1.82) is 0 Å². The summed E-state index contributed by atoms with van der Waals surface area (Å²) in [6.45, 7) is 1.23. The zero-order valence-electron chi connectivity index (χ0n) is 7.93. The first kappa shape index (κ1) is 11.5. The number of hydrogen-bond donors (Lipinski definition) is 0. The molecule has 0 radical (unpaired) electrons. The Morgan fingerprint density at radius 1 is 1.36 bits per heavy atom. The van der Waals surface area contributed by atoms with E-state index in [0.717, 1.165) is 6.42 Å². The number of halogens is 2. The minimum absolute atomic E-state index is 0.277. The predicted octanol–water partition coefficient (Wildman–Crippen LogP) is 3.00. The first-order chi connectivity index (χ1) is 6.74. The molecular formula is C10H12BrFO2. The molecule has 0 amide bonds. The highest BCUT2D eigenvalue weighted by atomic mass is 79.9. The zero-order chi connectivity index (χ0) is 10.4. The molecule has 0 bridgehead atoms. The third-order valence-corrected chi connectivity index (χ3v) is 2.26. The van der Waals surface area contributed by atoms with E-state index in [9.17, 15) is 4.39 Å².